The van der Waals surface area contributed by atoms with Gasteiger partial charge in [-0.15, -0.1) is 11.3 Å². The fourth-order valence-corrected chi connectivity index (χ4v) is 3.44. The maximum absolute atomic E-state index is 5.99. The molecule has 114 valence electrons. The van der Waals surface area contributed by atoms with Gasteiger partial charge in [0.1, 0.15) is 12.4 Å². The number of halogens is 2. The molecule has 1 N–H and O–H groups in total. The fourth-order valence-electron chi connectivity index (χ4n) is 1.92. The maximum Gasteiger partial charge on any atom is 0.138 e. The van der Waals surface area contributed by atoms with Crippen LogP contribution in [-0.2, 0) is 13.2 Å². The Morgan fingerprint density at radius 3 is 2.76 bits per heavy atom. The largest absolute Gasteiger partial charge is 0.487 e. The summed E-state index contributed by atoms with van der Waals surface area (Å²) in [6.07, 6.45) is 0. The molecule has 0 aliphatic rings. The standard InChI is InChI=1S/C16H19BrClNOS/c1-11(2)8-19-9-12-4-3-5-14(17)16(12)20-10-13-6-7-15(18)21-13/h3-7,11,19H,8-10H2,1-2H3. The second-order valence-corrected chi connectivity index (χ2v) is 7.90. The Labute approximate surface area is 143 Å². The third kappa shape index (κ3) is 5.29. The molecule has 0 fully saturated rings. The highest BCUT2D eigenvalue weighted by Gasteiger charge is 2.09. The molecule has 21 heavy (non-hydrogen) atoms. The van der Waals surface area contributed by atoms with Gasteiger partial charge in [-0.2, -0.15) is 0 Å². The highest BCUT2D eigenvalue weighted by Crippen LogP contribution is 2.31. The van der Waals surface area contributed by atoms with E-state index in [1.165, 1.54) is 0 Å². The molecule has 5 heteroatoms. The molecule has 2 aromatic rings. The van der Waals surface area contributed by atoms with Gasteiger partial charge in [0.05, 0.1) is 8.81 Å². The van der Waals surface area contributed by atoms with Crippen molar-refractivity contribution < 1.29 is 4.74 Å². The second-order valence-electron chi connectivity index (χ2n) is 5.25. The lowest BCUT2D eigenvalue weighted by atomic mass is 10.2. The molecule has 0 bridgehead atoms. The molecule has 0 amide bonds. The van der Waals surface area contributed by atoms with Crippen molar-refractivity contribution in [3.8, 4) is 5.75 Å². The first-order valence-electron chi connectivity index (χ1n) is 6.91. The number of thiophene rings is 1. The fraction of sp³-hybridized carbons (Fsp3) is 0.375. The Morgan fingerprint density at radius 1 is 1.29 bits per heavy atom. The molecule has 0 saturated carbocycles. The van der Waals surface area contributed by atoms with Crippen LogP contribution in [0.2, 0.25) is 4.34 Å². The van der Waals surface area contributed by atoms with Crippen molar-refractivity contribution in [2.24, 2.45) is 5.92 Å². The maximum atomic E-state index is 5.99. The summed E-state index contributed by atoms with van der Waals surface area (Å²) in [6.45, 7) is 6.74. The molecule has 0 aliphatic heterocycles. The Morgan fingerprint density at radius 2 is 2.10 bits per heavy atom. The average Bonchev–Trinajstić information content (AvgIpc) is 2.83. The van der Waals surface area contributed by atoms with E-state index in [1.807, 2.05) is 24.3 Å². The summed E-state index contributed by atoms with van der Waals surface area (Å²) in [4.78, 5) is 1.12. The quantitative estimate of drug-likeness (QED) is 0.677. The molecule has 1 aromatic heterocycles. The Kier molecular flexibility index (Phi) is 6.55. The SMILES string of the molecule is CC(C)CNCc1cccc(Br)c1OCc1ccc(Cl)s1. The minimum absolute atomic E-state index is 0.539. The third-order valence-electron chi connectivity index (χ3n) is 2.90. The number of nitrogens with one attached hydrogen (secondary N) is 1. The lowest BCUT2D eigenvalue weighted by Gasteiger charge is -2.14. The molecule has 0 spiro atoms. The van der Waals surface area contributed by atoms with Crippen LogP contribution in [-0.4, -0.2) is 6.54 Å². The predicted octanol–water partition coefficient (Wildman–Crippen LogP) is 5.49. The van der Waals surface area contributed by atoms with Gasteiger partial charge < -0.3 is 10.1 Å². The van der Waals surface area contributed by atoms with Gasteiger partial charge in [-0.05, 0) is 46.6 Å². The lowest BCUT2D eigenvalue weighted by molar-refractivity contribution is 0.303. The van der Waals surface area contributed by atoms with Crippen molar-refractivity contribution in [2.45, 2.75) is 27.0 Å². The first-order chi connectivity index (χ1) is 10.1. The first-order valence-corrected chi connectivity index (χ1v) is 8.90. The van der Waals surface area contributed by atoms with Gasteiger partial charge in [0.25, 0.3) is 0 Å². The van der Waals surface area contributed by atoms with Crippen molar-refractivity contribution in [3.63, 3.8) is 0 Å². The van der Waals surface area contributed by atoms with E-state index in [-0.39, 0.29) is 0 Å². The number of hydrogen-bond acceptors (Lipinski definition) is 3. The molecule has 1 aromatic carbocycles. The van der Waals surface area contributed by atoms with Gasteiger partial charge in [0.15, 0.2) is 0 Å². The van der Waals surface area contributed by atoms with E-state index in [2.05, 4.69) is 41.2 Å². The highest BCUT2D eigenvalue weighted by atomic mass is 79.9. The Hall–Kier alpha value is -0.550. The topological polar surface area (TPSA) is 21.3 Å². The van der Waals surface area contributed by atoms with E-state index in [0.29, 0.717) is 12.5 Å². The summed E-state index contributed by atoms with van der Waals surface area (Å²) in [5.74, 6) is 1.54. The zero-order chi connectivity index (χ0) is 15.2. The normalized spacial score (nSPS) is 11.1. The van der Waals surface area contributed by atoms with Crippen LogP contribution < -0.4 is 10.1 Å². The summed E-state index contributed by atoms with van der Waals surface area (Å²) in [7, 11) is 0. The highest BCUT2D eigenvalue weighted by molar-refractivity contribution is 9.10. The van der Waals surface area contributed by atoms with Crippen molar-refractivity contribution in [3.05, 3.63) is 49.6 Å². The van der Waals surface area contributed by atoms with Gasteiger partial charge in [0, 0.05) is 17.0 Å². The summed E-state index contributed by atoms with van der Waals surface area (Å²) < 4.78 is 7.76. The summed E-state index contributed by atoms with van der Waals surface area (Å²) in [5.41, 5.74) is 1.16. The van der Waals surface area contributed by atoms with E-state index >= 15 is 0 Å². The van der Waals surface area contributed by atoms with Crippen LogP contribution in [0.25, 0.3) is 0 Å². The zero-order valence-corrected chi connectivity index (χ0v) is 15.3. The van der Waals surface area contributed by atoms with Gasteiger partial charge >= 0.3 is 0 Å². The minimum atomic E-state index is 0.539. The summed E-state index contributed by atoms with van der Waals surface area (Å²) in [5, 5.41) is 3.45. The molecular formula is C16H19BrClNOS. The molecule has 2 nitrogen and oxygen atoms in total. The van der Waals surface area contributed by atoms with Crippen LogP contribution in [0.4, 0.5) is 0 Å². The monoisotopic (exact) mass is 387 g/mol. The van der Waals surface area contributed by atoms with Crippen molar-refractivity contribution >= 4 is 38.9 Å². The van der Waals surface area contributed by atoms with Crippen molar-refractivity contribution in [2.75, 3.05) is 6.54 Å². The third-order valence-corrected chi connectivity index (χ3v) is 4.73. The Bertz CT molecular complexity index is 585. The number of hydrogen-bond donors (Lipinski definition) is 1. The van der Waals surface area contributed by atoms with Crippen molar-refractivity contribution in [1.29, 1.82) is 0 Å². The smallest absolute Gasteiger partial charge is 0.138 e. The van der Waals surface area contributed by atoms with Crippen LogP contribution in [0.1, 0.15) is 24.3 Å². The van der Waals surface area contributed by atoms with Crippen LogP contribution in [0.3, 0.4) is 0 Å². The van der Waals surface area contributed by atoms with E-state index in [1.54, 1.807) is 11.3 Å². The molecule has 0 saturated heterocycles. The summed E-state index contributed by atoms with van der Waals surface area (Å²) >= 11 is 11.1. The molecule has 0 unspecified atom stereocenters. The average molecular weight is 389 g/mol. The van der Waals surface area contributed by atoms with Crippen molar-refractivity contribution in [1.82, 2.24) is 5.32 Å². The van der Waals surface area contributed by atoms with Gasteiger partial charge in [-0.25, -0.2) is 0 Å². The predicted molar refractivity (Wildman–Crippen MR) is 94.3 cm³/mol. The summed E-state index contributed by atoms with van der Waals surface area (Å²) in [6, 6.07) is 10.0. The van der Waals surface area contributed by atoms with E-state index < -0.39 is 0 Å². The van der Waals surface area contributed by atoms with E-state index in [0.717, 1.165) is 38.1 Å². The van der Waals surface area contributed by atoms with Crippen LogP contribution >= 0.6 is 38.9 Å². The first kappa shape index (κ1) is 16.8. The number of para-hydroxylation sites is 1. The zero-order valence-electron chi connectivity index (χ0n) is 12.2. The lowest BCUT2D eigenvalue weighted by Crippen LogP contribution is -2.19. The van der Waals surface area contributed by atoms with Crippen LogP contribution in [0.15, 0.2) is 34.8 Å². The van der Waals surface area contributed by atoms with Gasteiger partial charge in [-0.3, -0.25) is 0 Å². The molecule has 0 radical (unpaired) electrons. The molecular weight excluding hydrogens is 370 g/mol. The molecule has 2 rings (SSSR count). The number of rotatable bonds is 7. The van der Waals surface area contributed by atoms with Gasteiger partial charge in [0.2, 0.25) is 0 Å². The van der Waals surface area contributed by atoms with Gasteiger partial charge in [-0.1, -0.05) is 37.6 Å². The second kappa shape index (κ2) is 8.18. The minimum Gasteiger partial charge on any atom is -0.487 e. The van der Waals surface area contributed by atoms with E-state index in [9.17, 15) is 0 Å². The Balaban J connectivity index is 2.02. The van der Waals surface area contributed by atoms with E-state index in [4.69, 9.17) is 16.3 Å². The molecule has 0 atom stereocenters. The number of ether oxygens (including phenoxy) is 1. The molecule has 0 aliphatic carbocycles. The number of benzene rings is 1. The van der Waals surface area contributed by atoms with Crippen LogP contribution in [0, 0.1) is 5.92 Å². The molecule has 1 heterocycles. The van der Waals surface area contributed by atoms with Crippen LogP contribution in [0.5, 0.6) is 5.75 Å².